The van der Waals surface area contributed by atoms with Crippen molar-refractivity contribution < 1.29 is 22.7 Å². The van der Waals surface area contributed by atoms with E-state index in [2.05, 4.69) is 10.6 Å². The van der Waals surface area contributed by atoms with Crippen LogP contribution >= 0.6 is 0 Å². The molecule has 1 aromatic rings. The predicted molar refractivity (Wildman–Crippen MR) is 71.3 cm³/mol. The number of hydrogen-bond acceptors (Lipinski definition) is 3. The molecule has 116 valence electrons. The predicted octanol–water partition coefficient (Wildman–Crippen LogP) is 2.06. The summed E-state index contributed by atoms with van der Waals surface area (Å²) in [5.41, 5.74) is -0.501. The normalized spacial score (nSPS) is 21.5. The first-order valence-electron chi connectivity index (χ1n) is 6.79. The van der Waals surface area contributed by atoms with Crippen molar-refractivity contribution in [2.45, 2.75) is 19.4 Å². The Morgan fingerprint density at radius 3 is 2.81 bits per heavy atom. The van der Waals surface area contributed by atoms with E-state index in [9.17, 15) is 18.0 Å². The molecular formula is C14H17F3N2O2. The number of anilines is 1. The van der Waals surface area contributed by atoms with Gasteiger partial charge in [-0.2, -0.15) is 0 Å². The van der Waals surface area contributed by atoms with Crippen molar-refractivity contribution >= 4 is 11.6 Å². The molecule has 0 radical (unpaired) electrons. The van der Waals surface area contributed by atoms with Gasteiger partial charge in [-0.3, -0.25) is 4.79 Å². The van der Waals surface area contributed by atoms with Gasteiger partial charge in [0.25, 0.3) is 0 Å². The lowest BCUT2D eigenvalue weighted by Crippen LogP contribution is -2.41. The zero-order valence-electron chi connectivity index (χ0n) is 11.6. The Labute approximate surface area is 120 Å². The summed E-state index contributed by atoms with van der Waals surface area (Å²) in [5, 5.41) is 5.38. The lowest BCUT2D eigenvalue weighted by atomic mass is 10.0. The summed E-state index contributed by atoms with van der Waals surface area (Å²) in [6.45, 7) is 3.27. The summed E-state index contributed by atoms with van der Waals surface area (Å²) >= 11 is 0. The van der Waals surface area contributed by atoms with E-state index < -0.39 is 35.0 Å². The monoisotopic (exact) mass is 302 g/mol. The van der Waals surface area contributed by atoms with Crippen LogP contribution in [0.15, 0.2) is 12.1 Å². The summed E-state index contributed by atoms with van der Waals surface area (Å²) in [6, 6.07) is 0.988. The molecule has 1 saturated heterocycles. The topological polar surface area (TPSA) is 50.4 Å². The molecule has 2 unspecified atom stereocenters. The zero-order valence-corrected chi connectivity index (χ0v) is 11.6. The van der Waals surface area contributed by atoms with Gasteiger partial charge in [0.15, 0.2) is 11.6 Å². The number of amides is 1. The first-order valence-corrected chi connectivity index (χ1v) is 6.79. The largest absolute Gasteiger partial charge is 0.379 e. The summed E-state index contributed by atoms with van der Waals surface area (Å²) < 4.78 is 45.0. The number of nitrogens with one attached hydrogen (secondary N) is 2. The first-order chi connectivity index (χ1) is 10.0. The molecule has 1 heterocycles. The Kier molecular flexibility index (Phi) is 5.19. The molecule has 0 aromatic heterocycles. The highest BCUT2D eigenvalue weighted by Crippen LogP contribution is 2.22. The third kappa shape index (κ3) is 3.74. The quantitative estimate of drug-likeness (QED) is 0.819. The summed E-state index contributed by atoms with van der Waals surface area (Å²) in [7, 11) is 0. The van der Waals surface area contributed by atoms with Gasteiger partial charge in [0.05, 0.1) is 24.8 Å². The van der Waals surface area contributed by atoms with Gasteiger partial charge in [-0.15, -0.1) is 0 Å². The molecule has 1 aliphatic heterocycles. The summed E-state index contributed by atoms with van der Waals surface area (Å²) in [4.78, 5) is 12.1. The van der Waals surface area contributed by atoms with Gasteiger partial charge in [0.1, 0.15) is 5.82 Å². The average Bonchev–Trinajstić information content (AvgIpc) is 2.90. The van der Waals surface area contributed by atoms with E-state index in [0.29, 0.717) is 12.7 Å². The third-order valence-corrected chi connectivity index (χ3v) is 3.32. The first kappa shape index (κ1) is 15.8. The second kappa shape index (κ2) is 6.91. The highest BCUT2D eigenvalue weighted by atomic mass is 19.2. The molecule has 21 heavy (non-hydrogen) atoms. The third-order valence-electron chi connectivity index (χ3n) is 3.32. The summed E-state index contributed by atoms with van der Waals surface area (Å²) in [5.74, 6) is -4.62. The highest BCUT2D eigenvalue weighted by molar-refractivity contribution is 5.93. The average molecular weight is 302 g/mol. The molecule has 7 heteroatoms. The van der Waals surface area contributed by atoms with Crippen LogP contribution in [0.2, 0.25) is 0 Å². The molecule has 4 nitrogen and oxygen atoms in total. The number of benzene rings is 1. The van der Waals surface area contributed by atoms with Crippen LogP contribution in [0.3, 0.4) is 0 Å². The van der Waals surface area contributed by atoms with Crippen LogP contribution in [0.4, 0.5) is 18.9 Å². The van der Waals surface area contributed by atoms with Crippen molar-refractivity contribution in [1.82, 2.24) is 5.32 Å². The Balaban J connectivity index is 2.07. The van der Waals surface area contributed by atoms with Crippen molar-refractivity contribution in [2.75, 3.05) is 25.1 Å². The zero-order chi connectivity index (χ0) is 15.4. The van der Waals surface area contributed by atoms with Crippen LogP contribution in [0, 0.1) is 23.4 Å². The van der Waals surface area contributed by atoms with Crippen LogP contribution in [0.5, 0.6) is 0 Å². The smallest absolute Gasteiger partial charge is 0.231 e. The second-order valence-electron chi connectivity index (χ2n) is 4.94. The SMILES string of the molecule is CCCNC1COCC1C(=O)Nc1cc(F)cc(F)c1F. The Morgan fingerprint density at radius 1 is 1.33 bits per heavy atom. The maximum Gasteiger partial charge on any atom is 0.231 e. The van der Waals surface area contributed by atoms with Crippen molar-refractivity contribution in [2.24, 2.45) is 5.92 Å². The molecule has 2 N–H and O–H groups in total. The van der Waals surface area contributed by atoms with Crippen LogP contribution in [-0.2, 0) is 9.53 Å². The van der Waals surface area contributed by atoms with Crippen LogP contribution in [0.25, 0.3) is 0 Å². The Morgan fingerprint density at radius 2 is 2.10 bits per heavy atom. The van der Waals surface area contributed by atoms with E-state index in [-0.39, 0.29) is 12.6 Å². The molecule has 2 atom stereocenters. The molecule has 0 saturated carbocycles. The molecule has 1 aromatic carbocycles. The molecule has 1 fully saturated rings. The lowest BCUT2D eigenvalue weighted by Gasteiger charge is -2.18. The molecular weight excluding hydrogens is 285 g/mol. The summed E-state index contributed by atoms with van der Waals surface area (Å²) in [6.07, 6.45) is 0.897. The van der Waals surface area contributed by atoms with Crippen LogP contribution < -0.4 is 10.6 Å². The molecule has 1 amide bonds. The van der Waals surface area contributed by atoms with Crippen molar-refractivity contribution in [3.8, 4) is 0 Å². The van der Waals surface area contributed by atoms with E-state index in [1.165, 1.54) is 0 Å². The Hall–Kier alpha value is -1.60. The van der Waals surface area contributed by atoms with Crippen molar-refractivity contribution in [3.05, 3.63) is 29.6 Å². The standard InChI is InChI=1S/C14H17F3N2O2/c1-2-3-18-12-7-21-6-9(12)14(20)19-11-5-8(15)4-10(16)13(11)17/h4-5,9,12,18H,2-3,6-7H2,1H3,(H,19,20). The number of ether oxygens (including phenoxy) is 1. The van der Waals surface area contributed by atoms with Crippen molar-refractivity contribution in [3.63, 3.8) is 0 Å². The van der Waals surface area contributed by atoms with Crippen LogP contribution in [0.1, 0.15) is 13.3 Å². The van der Waals surface area contributed by atoms with E-state index in [1.807, 2.05) is 6.92 Å². The number of hydrogen-bond donors (Lipinski definition) is 2. The van der Waals surface area contributed by atoms with Gasteiger partial charge in [-0.05, 0) is 13.0 Å². The number of carbonyl (C=O) groups is 1. The number of halogens is 3. The van der Waals surface area contributed by atoms with E-state index in [4.69, 9.17) is 4.74 Å². The van der Waals surface area contributed by atoms with Gasteiger partial charge < -0.3 is 15.4 Å². The van der Waals surface area contributed by atoms with Gasteiger partial charge in [0, 0.05) is 18.2 Å². The minimum Gasteiger partial charge on any atom is -0.379 e. The Bertz CT molecular complexity index is 525. The fraction of sp³-hybridized carbons (Fsp3) is 0.500. The maximum absolute atomic E-state index is 13.5. The number of carbonyl (C=O) groups excluding carboxylic acids is 1. The minimum absolute atomic E-state index is 0.187. The fourth-order valence-corrected chi connectivity index (χ4v) is 2.22. The highest BCUT2D eigenvalue weighted by Gasteiger charge is 2.34. The lowest BCUT2D eigenvalue weighted by molar-refractivity contribution is -0.120. The molecule has 0 spiro atoms. The van der Waals surface area contributed by atoms with Gasteiger partial charge in [0.2, 0.25) is 5.91 Å². The van der Waals surface area contributed by atoms with E-state index >= 15 is 0 Å². The van der Waals surface area contributed by atoms with Gasteiger partial charge in [-0.25, -0.2) is 13.2 Å². The minimum atomic E-state index is -1.34. The van der Waals surface area contributed by atoms with Gasteiger partial charge >= 0.3 is 0 Å². The molecule has 2 rings (SSSR count). The second-order valence-corrected chi connectivity index (χ2v) is 4.94. The fourth-order valence-electron chi connectivity index (χ4n) is 2.22. The van der Waals surface area contributed by atoms with E-state index in [0.717, 1.165) is 19.0 Å². The van der Waals surface area contributed by atoms with Crippen molar-refractivity contribution in [1.29, 1.82) is 0 Å². The molecule has 0 bridgehead atoms. The number of rotatable bonds is 5. The van der Waals surface area contributed by atoms with Crippen LogP contribution in [-0.4, -0.2) is 31.7 Å². The molecule has 1 aliphatic rings. The maximum atomic E-state index is 13.5. The molecule has 0 aliphatic carbocycles. The van der Waals surface area contributed by atoms with Gasteiger partial charge in [-0.1, -0.05) is 6.92 Å². The van der Waals surface area contributed by atoms with E-state index in [1.54, 1.807) is 0 Å².